The number of ether oxygens (including phenoxy) is 3. The van der Waals surface area contributed by atoms with E-state index in [9.17, 15) is 19.8 Å². The molecular weight excluding hydrogens is 558 g/mol. The van der Waals surface area contributed by atoms with Crippen molar-refractivity contribution in [2.75, 3.05) is 47.5 Å². The highest BCUT2D eigenvalue weighted by Gasteiger charge is 2.17. The van der Waals surface area contributed by atoms with Gasteiger partial charge in [-0.15, -0.1) is 0 Å². The monoisotopic (exact) mass is 623 g/mol. The van der Waals surface area contributed by atoms with Gasteiger partial charge in [-0.2, -0.15) is 0 Å². The van der Waals surface area contributed by atoms with E-state index >= 15 is 0 Å². The summed E-state index contributed by atoms with van der Waals surface area (Å²) in [5, 5.41) is 21.1. The normalized spacial score (nSPS) is 13.8. The van der Waals surface area contributed by atoms with Crippen LogP contribution in [0.25, 0.3) is 0 Å². The molecule has 2 unspecified atom stereocenters. The van der Waals surface area contributed by atoms with Gasteiger partial charge in [-0.05, 0) is 44.9 Å². The smallest absolute Gasteiger partial charge is 0.305 e. The van der Waals surface area contributed by atoms with E-state index in [0.29, 0.717) is 17.4 Å². The fourth-order valence-corrected chi connectivity index (χ4v) is 4.36. The van der Waals surface area contributed by atoms with Gasteiger partial charge in [0.15, 0.2) is 6.29 Å². The molecule has 0 aliphatic rings. The number of carboxylic acids is 1. The van der Waals surface area contributed by atoms with Crippen molar-refractivity contribution in [1.29, 1.82) is 0 Å². The predicted molar refractivity (Wildman–Crippen MR) is 177 cm³/mol. The first-order valence-electron chi connectivity index (χ1n) is 17.2. The summed E-state index contributed by atoms with van der Waals surface area (Å²) in [6.07, 6.45) is 31.4. The summed E-state index contributed by atoms with van der Waals surface area (Å²) in [4.78, 5) is 23.1. The molecule has 0 radical (unpaired) electrons. The molecule has 0 heterocycles. The predicted octanol–water partition coefficient (Wildman–Crippen LogP) is 6.42. The van der Waals surface area contributed by atoms with E-state index in [1.807, 2.05) is 21.1 Å². The Morgan fingerprint density at radius 1 is 0.705 bits per heavy atom. The second-order valence-corrected chi connectivity index (χ2v) is 12.7. The molecule has 0 aromatic rings. The molecule has 8 nitrogen and oxygen atoms in total. The van der Waals surface area contributed by atoms with Crippen molar-refractivity contribution in [3.05, 3.63) is 36.5 Å². The van der Waals surface area contributed by atoms with Gasteiger partial charge in [-0.25, -0.2) is 0 Å². The van der Waals surface area contributed by atoms with Crippen LogP contribution in [-0.2, 0) is 23.8 Å². The zero-order valence-corrected chi connectivity index (χ0v) is 28.5. The summed E-state index contributed by atoms with van der Waals surface area (Å²) in [6, 6.07) is 0. The molecule has 0 aliphatic heterocycles. The SMILES string of the molecule is CCCCCCC/C=C\C/C=C\C/C=C\CCCCCCCCCCC(=O)OCC(O)COC(OCC[N+](C)(C)C)C(=O)[O-]. The van der Waals surface area contributed by atoms with Crippen molar-refractivity contribution in [1.82, 2.24) is 0 Å². The van der Waals surface area contributed by atoms with Crippen LogP contribution >= 0.6 is 0 Å². The van der Waals surface area contributed by atoms with Crippen molar-refractivity contribution < 1.29 is 38.5 Å². The molecule has 0 aromatic carbocycles. The van der Waals surface area contributed by atoms with E-state index in [-0.39, 0.29) is 25.8 Å². The lowest BCUT2D eigenvalue weighted by molar-refractivity contribution is -0.870. The summed E-state index contributed by atoms with van der Waals surface area (Å²) < 4.78 is 16.0. The number of carboxylic acid groups (broad SMARTS) is 1. The van der Waals surface area contributed by atoms with E-state index in [4.69, 9.17) is 14.2 Å². The molecule has 44 heavy (non-hydrogen) atoms. The number of hydrogen-bond acceptors (Lipinski definition) is 7. The molecule has 0 rings (SSSR count). The summed E-state index contributed by atoms with van der Waals surface area (Å²) in [5.41, 5.74) is 0. The van der Waals surface area contributed by atoms with Crippen molar-refractivity contribution in [3.8, 4) is 0 Å². The minimum absolute atomic E-state index is 0.168. The number of aliphatic carboxylic acids is 1. The molecular formula is C36H65NO7. The minimum Gasteiger partial charge on any atom is -0.545 e. The van der Waals surface area contributed by atoms with Gasteiger partial charge in [0.05, 0.1) is 40.3 Å². The highest BCUT2D eigenvalue weighted by Crippen LogP contribution is 2.12. The maximum Gasteiger partial charge on any atom is 0.305 e. The first kappa shape index (κ1) is 42.0. The zero-order chi connectivity index (χ0) is 32.7. The van der Waals surface area contributed by atoms with Crippen LogP contribution in [-0.4, -0.2) is 81.4 Å². The van der Waals surface area contributed by atoms with Crippen LogP contribution in [0.3, 0.4) is 0 Å². The number of carbonyl (C=O) groups excluding carboxylic acids is 2. The average molecular weight is 624 g/mol. The summed E-state index contributed by atoms with van der Waals surface area (Å²) in [5.74, 6) is -1.88. The van der Waals surface area contributed by atoms with Crippen molar-refractivity contribution >= 4 is 11.9 Å². The van der Waals surface area contributed by atoms with Gasteiger partial charge >= 0.3 is 5.97 Å². The molecule has 8 heteroatoms. The van der Waals surface area contributed by atoms with Crippen molar-refractivity contribution in [2.45, 2.75) is 135 Å². The quantitative estimate of drug-likeness (QED) is 0.0313. The molecule has 0 bridgehead atoms. The number of rotatable bonds is 31. The van der Waals surface area contributed by atoms with Crippen LogP contribution in [0.15, 0.2) is 36.5 Å². The van der Waals surface area contributed by atoms with Crippen LogP contribution < -0.4 is 5.11 Å². The van der Waals surface area contributed by atoms with Gasteiger partial charge in [-0.3, -0.25) is 4.79 Å². The van der Waals surface area contributed by atoms with Gasteiger partial charge in [0, 0.05) is 6.42 Å². The number of likely N-dealkylation sites (N-methyl/N-ethyl adjacent to an activating group) is 1. The zero-order valence-electron chi connectivity index (χ0n) is 28.5. The van der Waals surface area contributed by atoms with Crippen LogP contribution in [0.4, 0.5) is 0 Å². The van der Waals surface area contributed by atoms with E-state index in [1.165, 1.54) is 70.6 Å². The van der Waals surface area contributed by atoms with Crippen LogP contribution in [0, 0.1) is 0 Å². The molecule has 1 N–H and O–H groups in total. The highest BCUT2D eigenvalue weighted by atomic mass is 16.7. The fraction of sp³-hybridized carbons (Fsp3) is 0.778. The van der Waals surface area contributed by atoms with Crippen LogP contribution in [0.2, 0.25) is 0 Å². The number of esters is 1. The van der Waals surface area contributed by atoms with Crippen molar-refractivity contribution in [2.24, 2.45) is 0 Å². The third-order valence-electron chi connectivity index (χ3n) is 7.12. The number of allylic oxidation sites excluding steroid dienone is 6. The Morgan fingerprint density at radius 2 is 1.20 bits per heavy atom. The second kappa shape index (κ2) is 29.7. The Hall–Kier alpha value is -2.00. The Bertz CT molecular complexity index is 773. The number of carbonyl (C=O) groups is 2. The van der Waals surface area contributed by atoms with Gasteiger partial charge < -0.3 is 33.7 Å². The first-order valence-corrected chi connectivity index (χ1v) is 17.2. The summed E-state index contributed by atoms with van der Waals surface area (Å²) in [6.45, 7) is 2.43. The number of aliphatic hydroxyl groups is 1. The third kappa shape index (κ3) is 31.4. The van der Waals surface area contributed by atoms with E-state index in [0.717, 1.165) is 38.5 Å². The Kier molecular flexibility index (Phi) is 28.3. The van der Waals surface area contributed by atoms with Gasteiger partial charge in [-0.1, -0.05) is 108 Å². The largest absolute Gasteiger partial charge is 0.545 e. The number of hydrogen-bond donors (Lipinski definition) is 1. The number of nitrogens with zero attached hydrogens (tertiary/aromatic N) is 1. The van der Waals surface area contributed by atoms with Gasteiger partial charge in [0.25, 0.3) is 0 Å². The Morgan fingerprint density at radius 3 is 1.73 bits per heavy atom. The molecule has 0 saturated carbocycles. The topological polar surface area (TPSA) is 105 Å². The van der Waals surface area contributed by atoms with Gasteiger partial charge in [0.2, 0.25) is 0 Å². The van der Waals surface area contributed by atoms with Gasteiger partial charge in [0.1, 0.15) is 19.3 Å². The number of unbranched alkanes of at least 4 members (excludes halogenated alkanes) is 13. The Labute approximate surface area is 269 Å². The molecule has 0 fully saturated rings. The number of aliphatic hydroxyl groups excluding tert-OH is 1. The molecule has 0 saturated heterocycles. The first-order chi connectivity index (χ1) is 21.2. The molecule has 256 valence electrons. The Balaban J connectivity index is 3.59. The molecule has 0 aromatic heterocycles. The molecule has 0 aliphatic carbocycles. The lowest BCUT2D eigenvalue weighted by atomic mass is 10.1. The second-order valence-electron chi connectivity index (χ2n) is 12.7. The average Bonchev–Trinajstić information content (AvgIpc) is 2.97. The molecule has 0 amide bonds. The van der Waals surface area contributed by atoms with E-state index in [1.54, 1.807) is 0 Å². The maximum absolute atomic E-state index is 11.9. The third-order valence-corrected chi connectivity index (χ3v) is 7.12. The van der Waals surface area contributed by atoms with E-state index < -0.39 is 18.4 Å². The standard InChI is InChI=1S/C36H65NO7/c1-5-6-7-8-9-10-11-12-13-14-15-16-17-18-19-20-21-22-23-24-25-26-27-28-34(39)43-31-33(38)32-44-36(35(40)41)42-30-29-37(2,3)4/h11-12,14-15,17-18,33,36,38H,5-10,13,16,19-32H2,1-4H3/b12-11-,15-14-,18-17-. The maximum atomic E-state index is 11.9. The molecule has 2 atom stereocenters. The lowest BCUT2D eigenvalue weighted by Crippen LogP contribution is -2.44. The van der Waals surface area contributed by atoms with Crippen LogP contribution in [0.5, 0.6) is 0 Å². The minimum atomic E-state index is -1.58. The summed E-state index contributed by atoms with van der Waals surface area (Å²) in [7, 11) is 5.86. The lowest BCUT2D eigenvalue weighted by Gasteiger charge is -2.26. The number of quaternary nitrogens is 1. The van der Waals surface area contributed by atoms with Crippen molar-refractivity contribution in [3.63, 3.8) is 0 Å². The highest BCUT2D eigenvalue weighted by molar-refractivity contribution is 5.69. The fourth-order valence-electron chi connectivity index (χ4n) is 4.36. The van der Waals surface area contributed by atoms with Crippen LogP contribution in [0.1, 0.15) is 122 Å². The van der Waals surface area contributed by atoms with E-state index in [2.05, 4.69) is 43.4 Å². The molecule has 0 spiro atoms. The summed E-state index contributed by atoms with van der Waals surface area (Å²) >= 11 is 0.